The zero-order valence-corrected chi connectivity index (χ0v) is 13.2. The van der Waals surface area contributed by atoms with Crippen LogP contribution in [0.15, 0.2) is 12.1 Å². The molecule has 2 unspecified atom stereocenters. The van der Waals surface area contributed by atoms with Crippen molar-refractivity contribution < 1.29 is 25.1 Å². The number of hydrogen-bond donors (Lipinski definition) is 0. The topological polar surface area (TPSA) is 17.1 Å². The SMILES string of the molecule is CCCC(P)C(=O)c1c(Cl)cc(Cl)cc1Cl.[H-].[Li+]. The molecule has 0 saturated heterocycles. The fraction of sp³-hybridized carbons (Fsp3) is 0.364. The molecule has 0 saturated carbocycles. The average Bonchev–Trinajstić information content (AvgIpc) is 2.16. The fourth-order valence-corrected chi connectivity index (χ4v) is 2.91. The predicted molar refractivity (Wildman–Crippen MR) is 75.3 cm³/mol. The molecule has 0 spiro atoms. The molecule has 0 fully saturated rings. The van der Waals surface area contributed by atoms with Crippen LogP contribution in [0.4, 0.5) is 0 Å². The Morgan fingerprint density at radius 3 is 2.24 bits per heavy atom. The van der Waals surface area contributed by atoms with Crippen LogP contribution in [0.5, 0.6) is 0 Å². The summed E-state index contributed by atoms with van der Waals surface area (Å²) in [6, 6.07) is 3.07. The number of ketones is 1. The summed E-state index contributed by atoms with van der Waals surface area (Å²) in [5.74, 6) is -0.0569. The summed E-state index contributed by atoms with van der Waals surface area (Å²) in [6.07, 6.45) is 1.72. The molecule has 0 heterocycles. The number of carbonyl (C=O) groups is 1. The standard InChI is InChI=1S/C11H12Cl3OP.Li.H/c1-2-3-9(16)11(15)10-7(13)4-6(12)5-8(10)14;;/h4-5,9H,2-3,16H2,1H3;;/q;+1;-1. The molecule has 1 rings (SSSR count). The normalized spacial score (nSPS) is 11.8. The van der Waals surface area contributed by atoms with E-state index in [0.717, 1.165) is 12.8 Å². The second-order valence-electron chi connectivity index (χ2n) is 3.50. The van der Waals surface area contributed by atoms with Gasteiger partial charge >= 0.3 is 18.9 Å². The third-order valence-electron chi connectivity index (χ3n) is 2.19. The van der Waals surface area contributed by atoms with Crippen molar-refractivity contribution >= 4 is 49.8 Å². The van der Waals surface area contributed by atoms with Gasteiger partial charge in [-0.05, 0) is 18.6 Å². The van der Waals surface area contributed by atoms with Crippen molar-refractivity contribution in [3.05, 3.63) is 32.8 Å². The third-order valence-corrected chi connectivity index (χ3v) is 3.64. The maximum atomic E-state index is 12.1. The minimum atomic E-state index is -0.152. The Kier molecular flexibility index (Phi) is 8.43. The molecule has 0 aliphatic heterocycles. The molecule has 0 radical (unpaired) electrons. The summed E-state index contributed by atoms with van der Waals surface area (Å²) in [6.45, 7) is 2.02. The maximum Gasteiger partial charge on any atom is 1.00 e. The van der Waals surface area contributed by atoms with Crippen LogP contribution in [0.3, 0.4) is 0 Å². The van der Waals surface area contributed by atoms with E-state index in [2.05, 4.69) is 9.24 Å². The molecule has 90 valence electrons. The van der Waals surface area contributed by atoms with Gasteiger partial charge in [0.05, 0.1) is 15.6 Å². The van der Waals surface area contributed by atoms with E-state index < -0.39 is 0 Å². The van der Waals surface area contributed by atoms with Gasteiger partial charge in [0.25, 0.3) is 0 Å². The first kappa shape index (κ1) is 17.8. The summed E-state index contributed by atoms with van der Waals surface area (Å²) in [7, 11) is 2.52. The zero-order chi connectivity index (χ0) is 12.3. The third kappa shape index (κ3) is 4.75. The molecule has 1 aromatic carbocycles. The molecule has 17 heavy (non-hydrogen) atoms. The van der Waals surface area contributed by atoms with Crippen LogP contribution in [-0.2, 0) is 0 Å². The average molecular weight is 305 g/mol. The van der Waals surface area contributed by atoms with E-state index in [1.165, 1.54) is 12.1 Å². The van der Waals surface area contributed by atoms with E-state index in [4.69, 9.17) is 34.8 Å². The van der Waals surface area contributed by atoms with Gasteiger partial charge in [0.15, 0.2) is 5.78 Å². The first-order valence-electron chi connectivity index (χ1n) is 4.91. The van der Waals surface area contributed by atoms with Crippen LogP contribution < -0.4 is 18.9 Å². The largest absolute Gasteiger partial charge is 1.00 e. The second-order valence-corrected chi connectivity index (χ2v) is 5.56. The Morgan fingerprint density at radius 1 is 1.35 bits per heavy atom. The Hall–Kier alpha value is 0.787. The fourth-order valence-electron chi connectivity index (χ4n) is 1.41. The Balaban J connectivity index is 0. The van der Waals surface area contributed by atoms with E-state index in [1.54, 1.807) is 0 Å². The first-order valence-corrected chi connectivity index (χ1v) is 6.71. The summed E-state index contributed by atoms with van der Waals surface area (Å²) in [5, 5.41) is 1.06. The van der Waals surface area contributed by atoms with Crippen molar-refractivity contribution in [1.82, 2.24) is 0 Å². The van der Waals surface area contributed by atoms with Gasteiger partial charge in [0.1, 0.15) is 0 Å². The van der Waals surface area contributed by atoms with Crippen LogP contribution in [0, 0.1) is 0 Å². The monoisotopic (exact) mass is 304 g/mol. The van der Waals surface area contributed by atoms with Gasteiger partial charge < -0.3 is 1.43 Å². The van der Waals surface area contributed by atoms with E-state index in [0.29, 0.717) is 20.6 Å². The molecular formula is C11H13Cl3LiOP. The molecule has 0 N–H and O–H groups in total. The van der Waals surface area contributed by atoms with Gasteiger partial charge in [0, 0.05) is 10.7 Å². The first-order chi connectivity index (χ1) is 7.47. The second kappa shape index (κ2) is 8.06. The van der Waals surface area contributed by atoms with Gasteiger partial charge in [-0.25, -0.2) is 0 Å². The van der Waals surface area contributed by atoms with Crippen molar-refractivity contribution in [1.29, 1.82) is 0 Å². The van der Waals surface area contributed by atoms with Crippen LogP contribution in [-0.4, -0.2) is 11.4 Å². The van der Waals surface area contributed by atoms with Crippen molar-refractivity contribution in [2.75, 3.05) is 0 Å². The molecule has 0 aliphatic rings. The van der Waals surface area contributed by atoms with Gasteiger partial charge in [-0.1, -0.05) is 48.1 Å². The molecule has 1 nitrogen and oxygen atoms in total. The summed E-state index contributed by atoms with van der Waals surface area (Å²) in [5.41, 5.74) is 0.211. The van der Waals surface area contributed by atoms with E-state index >= 15 is 0 Å². The van der Waals surface area contributed by atoms with Crippen LogP contribution >= 0.6 is 44.0 Å². The van der Waals surface area contributed by atoms with E-state index in [9.17, 15) is 4.79 Å². The van der Waals surface area contributed by atoms with E-state index in [1.807, 2.05) is 6.92 Å². The van der Waals surface area contributed by atoms with Crippen molar-refractivity contribution in [3.63, 3.8) is 0 Å². The zero-order valence-electron chi connectivity index (χ0n) is 10.8. The van der Waals surface area contributed by atoms with Gasteiger partial charge in [-0.15, -0.1) is 9.24 Å². The molecule has 0 bridgehead atoms. The van der Waals surface area contributed by atoms with Gasteiger partial charge in [0.2, 0.25) is 0 Å². The van der Waals surface area contributed by atoms with E-state index in [-0.39, 0.29) is 31.7 Å². The number of benzene rings is 1. The molecule has 1 aromatic rings. The van der Waals surface area contributed by atoms with Crippen LogP contribution in [0.2, 0.25) is 15.1 Å². The molecule has 0 aliphatic carbocycles. The Morgan fingerprint density at radius 2 is 1.82 bits per heavy atom. The Labute approximate surface area is 132 Å². The Bertz CT molecular complexity index is 394. The van der Waals surface area contributed by atoms with Crippen molar-refractivity contribution in [3.8, 4) is 0 Å². The number of halogens is 3. The smallest absolute Gasteiger partial charge is 1.00 e. The number of rotatable bonds is 4. The summed E-state index contributed by atoms with van der Waals surface area (Å²) >= 11 is 17.7. The predicted octanol–water partition coefficient (Wildman–Crippen LogP) is 1.99. The number of hydrogen-bond acceptors (Lipinski definition) is 1. The van der Waals surface area contributed by atoms with Crippen molar-refractivity contribution in [2.45, 2.75) is 25.4 Å². The molecular weight excluding hydrogens is 292 g/mol. The quantitative estimate of drug-likeness (QED) is 0.472. The van der Waals surface area contributed by atoms with Gasteiger partial charge in [-0.3, -0.25) is 4.79 Å². The molecule has 0 amide bonds. The van der Waals surface area contributed by atoms with Gasteiger partial charge in [-0.2, -0.15) is 0 Å². The minimum absolute atomic E-state index is 0. The summed E-state index contributed by atoms with van der Waals surface area (Å²) in [4.78, 5) is 12.1. The number of Topliss-reactive ketones (excluding diaryl/α,β-unsaturated/α-hetero) is 1. The molecule has 2 atom stereocenters. The molecule has 0 aromatic heterocycles. The number of carbonyl (C=O) groups excluding carboxylic acids is 1. The molecule has 6 heteroatoms. The summed E-state index contributed by atoms with van der Waals surface area (Å²) < 4.78 is 0. The van der Waals surface area contributed by atoms with Crippen LogP contribution in [0.1, 0.15) is 31.6 Å². The van der Waals surface area contributed by atoms with Crippen LogP contribution in [0.25, 0.3) is 0 Å². The minimum Gasteiger partial charge on any atom is -1.00 e. The maximum absolute atomic E-state index is 12.1. The van der Waals surface area contributed by atoms with Crippen molar-refractivity contribution in [2.24, 2.45) is 0 Å².